The molecule has 0 bridgehead atoms. The lowest BCUT2D eigenvalue weighted by molar-refractivity contribution is 0.594. The molecule has 0 amide bonds. The van der Waals surface area contributed by atoms with Gasteiger partial charge in [0.1, 0.15) is 0 Å². The molecule has 1 aliphatic rings. The monoisotopic (exact) mass is 341 g/mol. The summed E-state index contributed by atoms with van der Waals surface area (Å²) in [6, 6.07) is 3.60. The molecule has 3 aromatic rings. The molecular formula is C14H11N7O2S. The Kier molecular flexibility index (Phi) is 3.22. The van der Waals surface area contributed by atoms with Crippen LogP contribution in [-0.2, 0) is 16.4 Å². The van der Waals surface area contributed by atoms with Gasteiger partial charge in [-0.15, -0.1) is 10.2 Å². The van der Waals surface area contributed by atoms with E-state index in [1.165, 1.54) is 6.20 Å². The second-order valence-electron chi connectivity index (χ2n) is 5.19. The predicted molar refractivity (Wildman–Crippen MR) is 84.8 cm³/mol. The number of fused-ring (bicyclic) bond motifs is 1. The highest BCUT2D eigenvalue weighted by molar-refractivity contribution is 7.89. The van der Waals surface area contributed by atoms with Gasteiger partial charge in [-0.3, -0.25) is 4.98 Å². The minimum atomic E-state index is -4.07. The molecule has 0 unspecified atom stereocenters. The Hall–Kier alpha value is -2.98. The number of H-pyrrole nitrogens is 1. The van der Waals surface area contributed by atoms with Crippen LogP contribution in [0.25, 0.3) is 28.6 Å². The Morgan fingerprint density at radius 3 is 2.88 bits per heavy atom. The Balaban J connectivity index is 2.01. The Morgan fingerprint density at radius 2 is 2.12 bits per heavy atom. The summed E-state index contributed by atoms with van der Waals surface area (Å²) in [5, 5.41) is 18.5. The van der Waals surface area contributed by atoms with Gasteiger partial charge in [0.25, 0.3) is 10.0 Å². The molecule has 1 aliphatic carbocycles. The van der Waals surface area contributed by atoms with Gasteiger partial charge in [0.05, 0.1) is 11.3 Å². The van der Waals surface area contributed by atoms with Crippen molar-refractivity contribution in [2.75, 3.05) is 0 Å². The van der Waals surface area contributed by atoms with Crippen molar-refractivity contribution in [3.63, 3.8) is 0 Å². The molecule has 120 valence electrons. The largest absolute Gasteiger partial charge is 0.260 e. The molecule has 9 nitrogen and oxygen atoms in total. The van der Waals surface area contributed by atoms with Crippen LogP contribution in [0.2, 0.25) is 0 Å². The first kappa shape index (κ1) is 14.6. The number of nitrogens with two attached hydrogens (primary N) is 1. The summed E-state index contributed by atoms with van der Waals surface area (Å²) < 4.78 is 23.8. The predicted octanol–water partition coefficient (Wildman–Crippen LogP) is 0.540. The Bertz CT molecular complexity index is 1060. The Morgan fingerprint density at radius 1 is 1.25 bits per heavy atom. The molecule has 0 aliphatic heterocycles. The average Bonchev–Trinajstić information content (AvgIpc) is 3.24. The van der Waals surface area contributed by atoms with E-state index in [1.807, 2.05) is 18.2 Å². The maximum Gasteiger partial charge on any atom is 0.256 e. The quantitative estimate of drug-likeness (QED) is 0.708. The summed E-state index contributed by atoms with van der Waals surface area (Å²) in [4.78, 5) is 8.32. The molecule has 0 atom stereocenters. The molecule has 3 aromatic heterocycles. The van der Waals surface area contributed by atoms with Gasteiger partial charge in [-0.25, -0.2) is 18.5 Å². The van der Waals surface area contributed by atoms with E-state index in [0.29, 0.717) is 11.1 Å². The molecule has 0 aromatic carbocycles. The number of aromatic nitrogens is 6. The fraction of sp³-hybridized carbons (Fsp3) is 0.0714. The van der Waals surface area contributed by atoms with Crippen molar-refractivity contribution in [1.29, 1.82) is 0 Å². The van der Waals surface area contributed by atoms with E-state index in [1.54, 1.807) is 12.3 Å². The number of hydrogen-bond acceptors (Lipinski definition) is 7. The normalized spacial score (nSPS) is 13.2. The number of hydrogen-bond donors (Lipinski definition) is 2. The zero-order valence-electron chi connectivity index (χ0n) is 12.2. The van der Waals surface area contributed by atoms with E-state index in [2.05, 4.69) is 30.6 Å². The van der Waals surface area contributed by atoms with Crippen LogP contribution in [0.4, 0.5) is 0 Å². The SMILES string of the molecule is NS(=O)(=O)c1nccc(-c2cnc3c(c2)C=CC3)c1-c1nn[nH]n1. The molecule has 3 heterocycles. The van der Waals surface area contributed by atoms with Gasteiger partial charge in [-0.2, -0.15) is 5.21 Å². The van der Waals surface area contributed by atoms with Gasteiger partial charge in [-0.1, -0.05) is 12.2 Å². The summed E-state index contributed by atoms with van der Waals surface area (Å²) in [6.45, 7) is 0. The van der Waals surface area contributed by atoms with Crippen molar-refractivity contribution in [1.82, 2.24) is 30.6 Å². The summed E-state index contributed by atoms with van der Waals surface area (Å²) in [7, 11) is -4.07. The zero-order chi connectivity index (χ0) is 16.7. The Labute approximate surface area is 136 Å². The van der Waals surface area contributed by atoms with E-state index in [-0.39, 0.29) is 16.4 Å². The second-order valence-corrected chi connectivity index (χ2v) is 6.66. The highest BCUT2D eigenvalue weighted by atomic mass is 32.2. The number of primary sulfonamides is 1. The van der Waals surface area contributed by atoms with Gasteiger partial charge in [0.2, 0.25) is 5.82 Å². The first-order valence-corrected chi connectivity index (χ1v) is 8.50. The molecule has 10 heteroatoms. The molecular weight excluding hydrogens is 330 g/mol. The van der Waals surface area contributed by atoms with Crippen LogP contribution < -0.4 is 5.14 Å². The maximum absolute atomic E-state index is 11.9. The lowest BCUT2D eigenvalue weighted by atomic mass is 10.0. The average molecular weight is 341 g/mol. The third-order valence-corrected chi connectivity index (χ3v) is 4.53. The number of nitrogens with one attached hydrogen (secondary N) is 1. The number of nitrogens with zero attached hydrogens (tertiary/aromatic N) is 5. The second kappa shape index (κ2) is 5.28. The van der Waals surface area contributed by atoms with Crippen molar-refractivity contribution in [2.24, 2.45) is 5.14 Å². The summed E-state index contributed by atoms with van der Waals surface area (Å²) in [6.07, 6.45) is 7.83. The highest BCUT2D eigenvalue weighted by Crippen LogP contribution is 2.34. The number of rotatable bonds is 3. The van der Waals surface area contributed by atoms with Gasteiger partial charge >= 0.3 is 0 Å². The smallest absolute Gasteiger partial charge is 0.256 e. The lowest BCUT2D eigenvalue weighted by Crippen LogP contribution is -2.16. The van der Waals surface area contributed by atoms with Crippen LogP contribution in [0.3, 0.4) is 0 Å². The lowest BCUT2D eigenvalue weighted by Gasteiger charge is -2.11. The van der Waals surface area contributed by atoms with E-state index >= 15 is 0 Å². The van der Waals surface area contributed by atoms with Crippen LogP contribution in [0.1, 0.15) is 11.3 Å². The molecule has 0 radical (unpaired) electrons. The molecule has 0 fully saturated rings. The third-order valence-electron chi connectivity index (χ3n) is 3.68. The minimum absolute atomic E-state index is 0.0955. The van der Waals surface area contributed by atoms with E-state index in [9.17, 15) is 8.42 Å². The molecule has 4 rings (SSSR count). The van der Waals surface area contributed by atoms with Crippen molar-refractivity contribution < 1.29 is 8.42 Å². The number of tetrazole rings is 1. The minimum Gasteiger partial charge on any atom is -0.260 e. The van der Waals surface area contributed by atoms with Gasteiger partial charge in [0.15, 0.2) is 5.03 Å². The fourth-order valence-corrected chi connectivity index (χ4v) is 3.35. The standard InChI is InChI=1S/C14H11N7O2S/c15-24(22,23)14-12(13-18-20-21-19-13)10(4-5-16-14)9-6-8-2-1-3-11(8)17-7-9/h1-2,4-7H,3H2,(H2,15,22,23)(H,18,19,20,21). The number of sulfonamides is 1. The van der Waals surface area contributed by atoms with Crippen LogP contribution in [-0.4, -0.2) is 39.0 Å². The molecule has 0 saturated heterocycles. The van der Waals surface area contributed by atoms with Gasteiger partial charge in [-0.05, 0) is 28.5 Å². The van der Waals surface area contributed by atoms with Crippen LogP contribution in [0, 0.1) is 0 Å². The van der Waals surface area contributed by atoms with Gasteiger partial charge < -0.3 is 0 Å². The van der Waals surface area contributed by atoms with Crippen molar-refractivity contribution in [2.45, 2.75) is 11.4 Å². The number of pyridine rings is 2. The highest BCUT2D eigenvalue weighted by Gasteiger charge is 2.24. The van der Waals surface area contributed by atoms with Crippen molar-refractivity contribution in [3.05, 3.63) is 41.9 Å². The molecule has 24 heavy (non-hydrogen) atoms. The van der Waals surface area contributed by atoms with E-state index in [4.69, 9.17) is 5.14 Å². The van der Waals surface area contributed by atoms with E-state index < -0.39 is 10.0 Å². The zero-order valence-corrected chi connectivity index (χ0v) is 13.0. The first-order chi connectivity index (χ1) is 11.5. The molecule has 3 N–H and O–H groups in total. The summed E-state index contributed by atoms with van der Waals surface area (Å²) >= 11 is 0. The van der Waals surface area contributed by atoms with Crippen LogP contribution in [0.5, 0.6) is 0 Å². The fourth-order valence-electron chi connectivity index (χ4n) is 2.65. The third kappa shape index (κ3) is 2.37. The van der Waals surface area contributed by atoms with Crippen molar-refractivity contribution >= 4 is 16.1 Å². The maximum atomic E-state index is 11.9. The molecule has 0 spiro atoms. The van der Waals surface area contributed by atoms with Gasteiger partial charge in [0, 0.05) is 24.4 Å². The topological polar surface area (TPSA) is 140 Å². The number of allylic oxidation sites excluding steroid dienone is 1. The first-order valence-electron chi connectivity index (χ1n) is 6.95. The van der Waals surface area contributed by atoms with Crippen molar-refractivity contribution in [3.8, 4) is 22.5 Å². The van der Waals surface area contributed by atoms with Crippen LogP contribution in [0.15, 0.2) is 35.6 Å². The summed E-state index contributed by atoms with van der Waals surface area (Å²) in [5.41, 5.74) is 3.43. The summed E-state index contributed by atoms with van der Waals surface area (Å²) in [5.74, 6) is 0.0955. The van der Waals surface area contributed by atoms with Crippen LogP contribution >= 0.6 is 0 Å². The van der Waals surface area contributed by atoms with E-state index in [0.717, 1.165) is 17.7 Å². The molecule has 0 saturated carbocycles. The number of aromatic amines is 1.